The Morgan fingerprint density at radius 2 is 2.10 bits per heavy atom. The lowest BCUT2D eigenvalue weighted by molar-refractivity contribution is 0.0419. The minimum atomic E-state index is -0.451. The molecule has 0 saturated heterocycles. The lowest BCUT2D eigenvalue weighted by Gasteiger charge is -2.20. The van der Waals surface area contributed by atoms with Gasteiger partial charge in [-0.05, 0) is 30.8 Å². The predicted octanol–water partition coefficient (Wildman–Crippen LogP) is 1.31. The van der Waals surface area contributed by atoms with Crippen molar-refractivity contribution in [1.29, 1.82) is 0 Å². The number of hydrogen-bond acceptors (Lipinski definition) is 4. The molecule has 0 radical (unpaired) electrons. The fourth-order valence-electron chi connectivity index (χ4n) is 2.16. The van der Waals surface area contributed by atoms with E-state index in [0.717, 1.165) is 12.2 Å². The van der Waals surface area contributed by atoms with Crippen LogP contribution in [0.2, 0.25) is 0 Å². The van der Waals surface area contributed by atoms with Gasteiger partial charge in [-0.15, -0.1) is 0 Å². The first kappa shape index (κ1) is 14.7. The fraction of sp³-hybridized carbons (Fsp3) is 0.400. The van der Waals surface area contributed by atoms with Crippen LogP contribution in [0.3, 0.4) is 0 Å². The number of aromatic nitrogens is 2. The minimum absolute atomic E-state index is 0.364. The summed E-state index contributed by atoms with van der Waals surface area (Å²) in [7, 11) is 3.58. The molecule has 1 N–H and O–H groups in total. The van der Waals surface area contributed by atoms with Gasteiger partial charge in [0.1, 0.15) is 0 Å². The van der Waals surface area contributed by atoms with Crippen LogP contribution in [0.15, 0.2) is 42.7 Å². The quantitative estimate of drug-likeness (QED) is 0.828. The topological polar surface area (TPSA) is 50.5 Å². The summed E-state index contributed by atoms with van der Waals surface area (Å²) < 4.78 is 6.75. The first-order chi connectivity index (χ1) is 9.69. The van der Waals surface area contributed by atoms with Crippen LogP contribution in [-0.2, 0) is 11.3 Å². The van der Waals surface area contributed by atoms with E-state index in [9.17, 15) is 5.11 Å². The number of hydrogen-bond donors (Lipinski definition) is 1. The van der Waals surface area contributed by atoms with E-state index in [0.29, 0.717) is 13.2 Å². The van der Waals surface area contributed by atoms with Crippen LogP contribution < -0.4 is 0 Å². The third-order valence-corrected chi connectivity index (χ3v) is 3.04. The van der Waals surface area contributed by atoms with Crippen LogP contribution in [0.25, 0.3) is 5.69 Å². The lowest BCUT2D eigenvalue weighted by atomic mass is 10.2. The van der Waals surface area contributed by atoms with Crippen LogP contribution >= 0.6 is 0 Å². The van der Waals surface area contributed by atoms with Crippen LogP contribution in [0, 0.1) is 0 Å². The molecule has 0 aliphatic carbocycles. The molecule has 0 aliphatic heterocycles. The van der Waals surface area contributed by atoms with Crippen LogP contribution in [0.1, 0.15) is 5.56 Å². The van der Waals surface area contributed by atoms with E-state index in [-0.39, 0.29) is 0 Å². The maximum Gasteiger partial charge on any atom is 0.0900 e. The van der Waals surface area contributed by atoms with Crippen molar-refractivity contribution in [3.63, 3.8) is 0 Å². The maximum absolute atomic E-state index is 9.69. The maximum atomic E-state index is 9.69. The Kier molecular flexibility index (Phi) is 5.29. The summed E-state index contributed by atoms with van der Waals surface area (Å²) in [6.45, 7) is 1.75. The lowest BCUT2D eigenvalue weighted by Crippen LogP contribution is -2.31. The molecule has 1 unspecified atom stereocenters. The minimum Gasteiger partial charge on any atom is -0.389 e. The zero-order valence-corrected chi connectivity index (χ0v) is 11.9. The molecule has 108 valence electrons. The number of likely N-dealkylation sites (N-methyl/N-ethyl adjacent to an activating group) is 1. The SMILES string of the molecule is COCC(O)CN(C)Cc1ccc(-n2cccn2)cc1. The van der Waals surface area contributed by atoms with Gasteiger partial charge in [0, 0.05) is 32.6 Å². The van der Waals surface area contributed by atoms with Gasteiger partial charge in [-0.2, -0.15) is 5.10 Å². The molecule has 0 aliphatic rings. The molecular weight excluding hydrogens is 254 g/mol. The van der Waals surface area contributed by atoms with Crippen molar-refractivity contribution in [2.24, 2.45) is 0 Å². The molecule has 1 heterocycles. The summed E-state index contributed by atoms with van der Waals surface area (Å²) >= 11 is 0. The van der Waals surface area contributed by atoms with Gasteiger partial charge in [0.15, 0.2) is 0 Å². The Morgan fingerprint density at radius 3 is 2.70 bits per heavy atom. The third-order valence-electron chi connectivity index (χ3n) is 3.04. The highest BCUT2D eigenvalue weighted by Gasteiger charge is 2.08. The van der Waals surface area contributed by atoms with Crippen molar-refractivity contribution in [2.45, 2.75) is 12.6 Å². The van der Waals surface area contributed by atoms with Gasteiger partial charge < -0.3 is 9.84 Å². The zero-order chi connectivity index (χ0) is 14.4. The molecule has 0 amide bonds. The number of nitrogens with zero attached hydrogens (tertiary/aromatic N) is 3. The van der Waals surface area contributed by atoms with E-state index in [1.807, 2.05) is 36.1 Å². The molecule has 1 aromatic carbocycles. The summed E-state index contributed by atoms with van der Waals surface area (Å²) in [5.74, 6) is 0. The van der Waals surface area contributed by atoms with E-state index >= 15 is 0 Å². The molecule has 0 spiro atoms. The van der Waals surface area contributed by atoms with Crippen molar-refractivity contribution < 1.29 is 9.84 Å². The van der Waals surface area contributed by atoms with Crippen molar-refractivity contribution in [1.82, 2.24) is 14.7 Å². The highest BCUT2D eigenvalue weighted by molar-refractivity contribution is 5.33. The molecule has 5 heteroatoms. The number of methoxy groups -OCH3 is 1. The molecule has 2 rings (SSSR count). The summed E-state index contributed by atoms with van der Waals surface area (Å²) in [5, 5.41) is 13.9. The second kappa shape index (κ2) is 7.19. The molecule has 2 aromatic rings. The molecule has 20 heavy (non-hydrogen) atoms. The summed E-state index contributed by atoms with van der Waals surface area (Å²) in [4.78, 5) is 2.08. The standard InChI is InChI=1S/C15H21N3O2/c1-17(11-15(19)12-20-2)10-13-4-6-14(7-5-13)18-9-3-8-16-18/h3-9,15,19H,10-12H2,1-2H3. The average molecular weight is 275 g/mol. The molecule has 1 aromatic heterocycles. The van der Waals surface area contributed by atoms with Crippen molar-refractivity contribution in [2.75, 3.05) is 27.3 Å². The highest BCUT2D eigenvalue weighted by atomic mass is 16.5. The van der Waals surface area contributed by atoms with Crippen LogP contribution in [-0.4, -0.2) is 53.2 Å². The second-order valence-electron chi connectivity index (χ2n) is 4.92. The van der Waals surface area contributed by atoms with Crippen LogP contribution in [0.4, 0.5) is 0 Å². The molecule has 0 fully saturated rings. The molecule has 0 saturated carbocycles. The van der Waals surface area contributed by atoms with Gasteiger partial charge in [-0.3, -0.25) is 4.90 Å². The monoisotopic (exact) mass is 275 g/mol. The van der Waals surface area contributed by atoms with Crippen molar-refractivity contribution >= 4 is 0 Å². The predicted molar refractivity (Wildman–Crippen MR) is 77.8 cm³/mol. The van der Waals surface area contributed by atoms with Gasteiger partial charge in [0.2, 0.25) is 0 Å². The first-order valence-electron chi connectivity index (χ1n) is 6.63. The number of aliphatic hydroxyl groups excluding tert-OH is 1. The van der Waals surface area contributed by atoms with Gasteiger partial charge >= 0.3 is 0 Å². The van der Waals surface area contributed by atoms with E-state index < -0.39 is 6.10 Å². The number of benzene rings is 1. The number of aliphatic hydroxyl groups is 1. The average Bonchev–Trinajstić information content (AvgIpc) is 2.93. The molecular formula is C15H21N3O2. The third kappa shape index (κ3) is 4.16. The summed E-state index contributed by atoms with van der Waals surface area (Å²) in [6.07, 6.45) is 3.23. The second-order valence-corrected chi connectivity index (χ2v) is 4.92. The number of rotatable bonds is 7. The molecule has 5 nitrogen and oxygen atoms in total. The first-order valence-corrected chi connectivity index (χ1v) is 6.63. The zero-order valence-electron chi connectivity index (χ0n) is 11.9. The molecule has 0 bridgehead atoms. The molecule has 1 atom stereocenters. The Morgan fingerprint density at radius 1 is 1.35 bits per heavy atom. The van der Waals surface area contributed by atoms with E-state index in [4.69, 9.17) is 4.74 Å². The summed E-state index contributed by atoms with van der Waals surface area (Å²) in [5.41, 5.74) is 2.24. The Labute approximate surface area is 119 Å². The van der Waals surface area contributed by atoms with Gasteiger partial charge in [0.05, 0.1) is 18.4 Å². The van der Waals surface area contributed by atoms with E-state index in [2.05, 4.69) is 22.1 Å². The Bertz CT molecular complexity index is 496. The van der Waals surface area contributed by atoms with Gasteiger partial charge in [0.25, 0.3) is 0 Å². The van der Waals surface area contributed by atoms with Crippen molar-refractivity contribution in [3.05, 3.63) is 48.3 Å². The van der Waals surface area contributed by atoms with Gasteiger partial charge in [-0.1, -0.05) is 12.1 Å². The Balaban J connectivity index is 1.90. The smallest absolute Gasteiger partial charge is 0.0900 e. The fourth-order valence-corrected chi connectivity index (χ4v) is 2.16. The number of ether oxygens (including phenoxy) is 1. The van der Waals surface area contributed by atoms with Crippen LogP contribution in [0.5, 0.6) is 0 Å². The van der Waals surface area contributed by atoms with Gasteiger partial charge in [-0.25, -0.2) is 4.68 Å². The normalized spacial score (nSPS) is 12.8. The summed E-state index contributed by atoms with van der Waals surface area (Å²) in [6, 6.07) is 10.1. The van der Waals surface area contributed by atoms with Crippen molar-refractivity contribution in [3.8, 4) is 5.69 Å². The van der Waals surface area contributed by atoms with E-state index in [1.54, 1.807) is 13.3 Å². The van der Waals surface area contributed by atoms with E-state index in [1.165, 1.54) is 5.56 Å². The highest BCUT2D eigenvalue weighted by Crippen LogP contribution is 2.10. The Hall–Kier alpha value is -1.69. The largest absolute Gasteiger partial charge is 0.389 e.